The minimum atomic E-state index is 0.568. The summed E-state index contributed by atoms with van der Waals surface area (Å²) in [5, 5.41) is 4.86. The molecule has 0 saturated heterocycles. The Morgan fingerprint density at radius 2 is 0.781 bits per heavy atom. The van der Waals surface area contributed by atoms with E-state index in [0.29, 0.717) is 23.2 Å². The van der Waals surface area contributed by atoms with E-state index in [1.807, 2.05) is 60.7 Å². The summed E-state index contributed by atoms with van der Waals surface area (Å²) in [6, 6.07) is 76.3. The van der Waals surface area contributed by atoms with Crippen LogP contribution < -0.4 is 0 Å². The molecule has 0 fully saturated rings. The van der Waals surface area contributed by atoms with Crippen molar-refractivity contribution in [2.75, 3.05) is 0 Å². The lowest BCUT2D eigenvalue weighted by Gasteiger charge is -2.14. The second-order valence-electron chi connectivity index (χ2n) is 16.2. The Kier molecular flexibility index (Phi) is 8.84. The van der Waals surface area contributed by atoms with Crippen LogP contribution in [0.1, 0.15) is 0 Å². The Morgan fingerprint density at radius 1 is 0.281 bits per heavy atom. The molecule has 0 spiro atoms. The Morgan fingerprint density at radius 3 is 1.53 bits per heavy atom. The third-order valence-corrected chi connectivity index (χ3v) is 12.5. The van der Waals surface area contributed by atoms with E-state index in [9.17, 15) is 0 Å². The van der Waals surface area contributed by atoms with Gasteiger partial charge in [0, 0.05) is 16.7 Å². The van der Waals surface area contributed by atoms with Crippen molar-refractivity contribution >= 4 is 27.2 Å². The molecule has 4 nitrogen and oxygen atoms in total. The smallest absolute Gasteiger partial charge is 0.195 e. The highest BCUT2D eigenvalue weighted by molar-refractivity contribution is 6.18. The fourth-order valence-electron chi connectivity index (χ4n) is 9.43. The number of aromatic nitrogens is 3. The molecule has 0 unspecified atom stereocenters. The summed E-state index contributed by atoms with van der Waals surface area (Å²) in [7, 11) is 0. The average Bonchev–Trinajstić information content (AvgIpc) is 3.70. The number of rotatable bonds is 7. The zero-order valence-corrected chi connectivity index (χ0v) is 34.6. The van der Waals surface area contributed by atoms with Crippen molar-refractivity contribution in [3.05, 3.63) is 230 Å². The first-order chi connectivity index (χ1) is 31.7. The summed E-state index contributed by atoms with van der Waals surface area (Å²) < 4.78 is 0. The van der Waals surface area contributed by atoms with Crippen LogP contribution in [0, 0.1) is 6.57 Å². The Hall–Kier alpha value is -8.78. The normalized spacial score (nSPS) is 11.4. The van der Waals surface area contributed by atoms with E-state index in [-0.39, 0.29) is 0 Å². The number of hydrogen-bond donors (Lipinski definition) is 0. The molecule has 10 aromatic carbocycles. The van der Waals surface area contributed by atoms with Gasteiger partial charge in [0.15, 0.2) is 23.2 Å². The molecule has 1 aliphatic rings. The minimum Gasteiger partial charge on any atom is -0.237 e. The summed E-state index contributed by atoms with van der Waals surface area (Å²) in [5.74, 6) is 1.77. The lowest BCUT2D eigenvalue weighted by atomic mass is 9.91. The van der Waals surface area contributed by atoms with Gasteiger partial charge in [-0.05, 0) is 113 Å². The predicted molar refractivity (Wildman–Crippen MR) is 264 cm³/mol. The maximum atomic E-state index is 8.39. The summed E-state index contributed by atoms with van der Waals surface area (Å²) in [4.78, 5) is 19.3. The van der Waals surface area contributed by atoms with E-state index in [0.717, 1.165) is 60.8 Å². The SMILES string of the molecule is [C-]#[N+]c1cc(-c2ccccc2-c2nc(-c3ccccc3)nc(-c3ccc4ccccc4c3)n2)ccc1-c1cccc(-c2cccc(-c3ccc4c5c(cccc35)-c3ccccc3-4)c2)c1. The molecule has 1 aromatic heterocycles. The van der Waals surface area contributed by atoms with Crippen molar-refractivity contribution in [2.45, 2.75) is 0 Å². The fraction of sp³-hybridized carbons (Fsp3) is 0. The van der Waals surface area contributed by atoms with Gasteiger partial charge in [0.25, 0.3) is 0 Å². The number of hydrogen-bond acceptors (Lipinski definition) is 3. The zero-order valence-electron chi connectivity index (χ0n) is 34.6. The van der Waals surface area contributed by atoms with Crippen LogP contribution in [0.15, 0.2) is 218 Å². The number of benzene rings is 10. The summed E-state index contributed by atoms with van der Waals surface area (Å²) in [6.07, 6.45) is 0. The van der Waals surface area contributed by atoms with Gasteiger partial charge in [-0.3, -0.25) is 0 Å². The van der Waals surface area contributed by atoms with Crippen molar-refractivity contribution in [2.24, 2.45) is 0 Å². The summed E-state index contributed by atoms with van der Waals surface area (Å²) in [6.45, 7) is 8.39. The van der Waals surface area contributed by atoms with Crippen LogP contribution in [-0.2, 0) is 0 Å². The van der Waals surface area contributed by atoms with Crippen LogP contribution in [-0.4, -0.2) is 15.0 Å². The first-order valence-corrected chi connectivity index (χ1v) is 21.5. The van der Waals surface area contributed by atoms with Crippen molar-refractivity contribution in [1.82, 2.24) is 15.0 Å². The van der Waals surface area contributed by atoms with Crippen molar-refractivity contribution in [3.8, 4) is 101 Å². The highest BCUT2D eigenvalue weighted by Crippen LogP contribution is 2.49. The average molecular weight is 813 g/mol. The van der Waals surface area contributed by atoms with Crippen molar-refractivity contribution < 1.29 is 0 Å². The van der Waals surface area contributed by atoms with E-state index in [1.165, 1.54) is 44.2 Å². The first-order valence-electron chi connectivity index (χ1n) is 21.5. The molecule has 1 heterocycles. The Labute approximate surface area is 371 Å². The van der Waals surface area contributed by atoms with Gasteiger partial charge in [-0.2, -0.15) is 0 Å². The van der Waals surface area contributed by atoms with Crippen LogP contribution in [0.2, 0.25) is 0 Å². The van der Waals surface area contributed by atoms with Crippen molar-refractivity contribution in [1.29, 1.82) is 0 Å². The molecule has 0 atom stereocenters. The van der Waals surface area contributed by atoms with Gasteiger partial charge >= 0.3 is 0 Å². The van der Waals surface area contributed by atoms with E-state index < -0.39 is 0 Å². The highest BCUT2D eigenvalue weighted by atomic mass is 15.0. The Bertz CT molecular complexity index is 3660. The molecule has 1 aliphatic carbocycles. The number of nitrogens with zero attached hydrogens (tertiary/aromatic N) is 4. The lowest BCUT2D eigenvalue weighted by molar-refractivity contribution is 1.07. The monoisotopic (exact) mass is 812 g/mol. The standard InChI is InChI=1S/C60H36N4/c1-61-56-37-45(47-22-7-10-25-55(47)60-63-58(39-15-3-2-4-16-39)62-59(64-60)46-29-28-38-14-5-6-17-40(38)36-46)30-31-49(56)44-21-12-19-42(35-44)41-18-11-20-43(34-41)48-32-33-54-51-24-9-8-23-50(51)53-27-13-26-52(48)57(53)54/h2-37H. The molecule has 296 valence electrons. The molecule has 12 rings (SSSR count). The zero-order chi connectivity index (χ0) is 42.6. The predicted octanol–water partition coefficient (Wildman–Crippen LogP) is 16.0. The quantitative estimate of drug-likeness (QED) is 0.151. The number of fused-ring (bicyclic) bond motifs is 4. The molecule has 0 radical (unpaired) electrons. The largest absolute Gasteiger partial charge is 0.237 e. The molecule has 0 aliphatic heterocycles. The molecule has 11 aromatic rings. The maximum absolute atomic E-state index is 8.39. The fourth-order valence-corrected chi connectivity index (χ4v) is 9.43. The molecule has 0 bridgehead atoms. The van der Waals surface area contributed by atoms with Crippen LogP contribution in [0.3, 0.4) is 0 Å². The van der Waals surface area contributed by atoms with Crippen molar-refractivity contribution in [3.63, 3.8) is 0 Å². The Balaban J connectivity index is 0.905. The van der Waals surface area contributed by atoms with Gasteiger partial charge in [-0.1, -0.05) is 194 Å². The summed E-state index contributed by atoms with van der Waals surface area (Å²) >= 11 is 0. The van der Waals surface area contributed by atoms with Crippen LogP contribution >= 0.6 is 0 Å². The molecule has 0 saturated carbocycles. The second-order valence-corrected chi connectivity index (χ2v) is 16.2. The third kappa shape index (κ3) is 6.35. The second kappa shape index (κ2) is 15.3. The van der Waals surface area contributed by atoms with Gasteiger partial charge in [-0.25, -0.2) is 19.8 Å². The molecule has 64 heavy (non-hydrogen) atoms. The van der Waals surface area contributed by atoms with Gasteiger partial charge in [0.05, 0.1) is 6.57 Å². The van der Waals surface area contributed by atoms with Gasteiger partial charge < -0.3 is 0 Å². The van der Waals surface area contributed by atoms with Gasteiger partial charge in [0.1, 0.15) is 0 Å². The van der Waals surface area contributed by atoms with Gasteiger partial charge in [0.2, 0.25) is 0 Å². The minimum absolute atomic E-state index is 0.568. The molecular formula is C60H36N4. The lowest BCUT2D eigenvalue weighted by Crippen LogP contribution is -2.01. The first kappa shape index (κ1) is 37.0. The summed E-state index contributed by atoms with van der Waals surface area (Å²) in [5.41, 5.74) is 16.8. The molecule has 0 N–H and O–H groups in total. The van der Waals surface area contributed by atoms with E-state index in [4.69, 9.17) is 21.5 Å². The molecular weight excluding hydrogens is 777 g/mol. The van der Waals surface area contributed by atoms with E-state index in [1.54, 1.807) is 0 Å². The van der Waals surface area contributed by atoms with Gasteiger partial charge in [-0.15, -0.1) is 0 Å². The molecule has 4 heteroatoms. The van der Waals surface area contributed by atoms with Crippen LogP contribution in [0.4, 0.5) is 5.69 Å². The topological polar surface area (TPSA) is 43.0 Å². The maximum Gasteiger partial charge on any atom is 0.195 e. The van der Waals surface area contributed by atoms with Crippen LogP contribution in [0.25, 0.3) is 127 Å². The highest BCUT2D eigenvalue weighted by Gasteiger charge is 2.23. The van der Waals surface area contributed by atoms with E-state index in [2.05, 4.69) is 163 Å². The third-order valence-electron chi connectivity index (χ3n) is 12.5. The molecule has 0 amide bonds. The van der Waals surface area contributed by atoms with Crippen LogP contribution in [0.5, 0.6) is 0 Å². The van der Waals surface area contributed by atoms with E-state index >= 15 is 0 Å².